The van der Waals surface area contributed by atoms with Gasteiger partial charge in [0.15, 0.2) is 0 Å². The average Bonchev–Trinajstić information content (AvgIpc) is 2.12. The van der Waals surface area contributed by atoms with Crippen molar-refractivity contribution in [1.82, 2.24) is 0 Å². The van der Waals surface area contributed by atoms with Gasteiger partial charge in [-0.2, -0.15) is 0 Å². The summed E-state index contributed by atoms with van der Waals surface area (Å²) in [7, 11) is 0. The lowest BCUT2D eigenvalue weighted by Gasteiger charge is -2.01. The van der Waals surface area contributed by atoms with Crippen LogP contribution in [-0.2, 0) is 0 Å². The fourth-order valence-electron chi connectivity index (χ4n) is 1.11. The molecule has 0 bridgehead atoms. The van der Waals surface area contributed by atoms with Crippen molar-refractivity contribution in [2.24, 2.45) is 0 Å². The predicted octanol–water partition coefficient (Wildman–Crippen LogP) is 4.40. The van der Waals surface area contributed by atoms with Crippen LogP contribution in [0.15, 0.2) is 18.2 Å². The van der Waals surface area contributed by atoms with Gasteiger partial charge >= 0.3 is 0 Å². The zero-order chi connectivity index (χ0) is 9.42. The van der Waals surface area contributed by atoms with E-state index in [-0.39, 0.29) is 0 Å². The molecule has 0 atom stereocenters. The van der Waals surface area contributed by atoms with Crippen LogP contribution in [0.4, 0.5) is 0 Å². The number of halogens is 3. The van der Waals surface area contributed by atoms with Crippen molar-refractivity contribution < 1.29 is 0 Å². The van der Waals surface area contributed by atoms with Gasteiger partial charge in [0.05, 0.1) is 10.0 Å². The summed E-state index contributed by atoms with van der Waals surface area (Å²) in [4.78, 5) is 0. The molecule has 0 aliphatic carbocycles. The van der Waals surface area contributed by atoms with Crippen molar-refractivity contribution in [1.29, 1.82) is 0 Å². The lowest BCUT2D eigenvalue weighted by Crippen LogP contribution is -1.76. The first-order valence-corrected chi connectivity index (χ1v) is 4.68. The van der Waals surface area contributed by atoms with E-state index in [4.69, 9.17) is 34.8 Å². The van der Waals surface area contributed by atoms with E-state index in [0.29, 0.717) is 15.1 Å². The van der Waals surface area contributed by atoms with Gasteiger partial charge in [-0.05, 0) is 23.6 Å². The first-order valence-electron chi connectivity index (χ1n) is 3.55. The molecule has 2 rings (SSSR count). The van der Waals surface area contributed by atoms with Crippen LogP contribution in [-0.4, -0.2) is 0 Å². The number of benzene rings is 2. The second-order valence-electron chi connectivity index (χ2n) is 2.57. The molecule has 0 spiro atoms. The van der Waals surface area contributed by atoms with Crippen molar-refractivity contribution in [3.8, 4) is 0 Å². The Kier molecular flexibility index (Phi) is 2.37. The van der Waals surface area contributed by atoms with Gasteiger partial charge in [0.1, 0.15) is 0 Å². The van der Waals surface area contributed by atoms with Gasteiger partial charge in [-0.1, -0.05) is 34.8 Å². The Morgan fingerprint density at radius 3 is 2.54 bits per heavy atom. The van der Waals surface area contributed by atoms with Crippen LogP contribution < -0.4 is 0 Å². The summed E-state index contributed by atoms with van der Waals surface area (Å²) >= 11 is 17.5. The van der Waals surface area contributed by atoms with Gasteiger partial charge in [0.2, 0.25) is 0 Å². The Hall–Kier alpha value is -0.430. The van der Waals surface area contributed by atoms with Crippen LogP contribution in [0.5, 0.6) is 0 Å². The Bertz CT molecular complexity index is 463. The maximum absolute atomic E-state index is 5.95. The monoisotopic (exact) mass is 228 g/mol. The quantitative estimate of drug-likeness (QED) is 0.628. The van der Waals surface area contributed by atoms with Gasteiger partial charge < -0.3 is 0 Å². The van der Waals surface area contributed by atoms with Crippen LogP contribution in [0.2, 0.25) is 15.1 Å². The average molecular weight is 229 g/mol. The third-order valence-corrected chi connectivity index (χ3v) is 2.74. The Morgan fingerprint density at radius 1 is 1.00 bits per heavy atom. The van der Waals surface area contributed by atoms with Crippen molar-refractivity contribution in [2.75, 3.05) is 0 Å². The van der Waals surface area contributed by atoms with E-state index in [1.807, 2.05) is 0 Å². The maximum atomic E-state index is 5.95. The molecule has 0 heterocycles. The fraction of sp³-hybridized carbons (Fsp3) is 0. The van der Waals surface area contributed by atoms with E-state index >= 15 is 0 Å². The minimum absolute atomic E-state index is 0.421. The topological polar surface area (TPSA) is 0 Å². The van der Waals surface area contributed by atoms with E-state index < -0.39 is 0 Å². The summed E-state index contributed by atoms with van der Waals surface area (Å²) in [5, 5.41) is 3.23. The molecular formula is C10H3Cl3. The summed E-state index contributed by atoms with van der Waals surface area (Å²) in [6.45, 7) is 0. The van der Waals surface area contributed by atoms with Gasteiger partial charge in [0.25, 0.3) is 0 Å². The Balaban J connectivity index is 2.87. The molecule has 0 aromatic heterocycles. The summed E-state index contributed by atoms with van der Waals surface area (Å²) < 4.78 is 0. The van der Waals surface area contributed by atoms with E-state index in [1.165, 1.54) is 0 Å². The third-order valence-electron chi connectivity index (χ3n) is 1.73. The zero-order valence-corrected chi connectivity index (χ0v) is 8.63. The number of hydrogen-bond acceptors (Lipinski definition) is 0. The summed E-state index contributed by atoms with van der Waals surface area (Å²) in [5.74, 6) is 0. The molecule has 64 valence electrons. The number of fused-ring (bicyclic) bond motifs is 1. The molecule has 0 nitrogen and oxygen atoms in total. The van der Waals surface area contributed by atoms with E-state index in [0.717, 1.165) is 10.8 Å². The highest BCUT2D eigenvalue weighted by molar-refractivity contribution is 6.45. The molecule has 0 aliphatic heterocycles. The van der Waals surface area contributed by atoms with Gasteiger partial charge in [-0.15, -0.1) is 0 Å². The van der Waals surface area contributed by atoms with Crippen LogP contribution >= 0.6 is 34.8 Å². The highest BCUT2D eigenvalue weighted by atomic mass is 35.5. The first kappa shape index (κ1) is 9.14. The molecular weight excluding hydrogens is 226 g/mol. The van der Waals surface area contributed by atoms with Crippen LogP contribution in [0.1, 0.15) is 0 Å². The standard InChI is InChI=1S/C10H3Cl3/c11-7-2-3-8-6(5-7)1-4-9(12)10(8)13/h1,3,5H. The molecule has 0 aliphatic rings. The van der Waals surface area contributed by atoms with Gasteiger partial charge in [0, 0.05) is 22.5 Å². The number of rotatable bonds is 0. The normalized spacial score (nSPS) is 10.7. The van der Waals surface area contributed by atoms with E-state index in [2.05, 4.69) is 12.1 Å². The summed E-state index contributed by atoms with van der Waals surface area (Å²) in [6.07, 6.45) is 0. The third kappa shape index (κ3) is 1.62. The minimum Gasteiger partial charge on any atom is -0.0836 e. The van der Waals surface area contributed by atoms with Crippen molar-refractivity contribution in [3.05, 3.63) is 45.4 Å². The van der Waals surface area contributed by atoms with Crippen molar-refractivity contribution >= 4 is 45.6 Å². The molecule has 2 aromatic carbocycles. The fourth-order valence-corrected chi connectivity index (χ4v) is 1.66. The second-order valence-corrected chi connectivity index (χ2v) is 3.73. The van der Waals surface area contributed by atoms with Crippen LogP contribution in [0.25, 0.3) is 10.8 Å². The van der Waals surface area contributed by atoms with Crippen molar-refractivity contribution in [2.45, 2.75) is 0 Å². The molecule has 2 radical (unpaired) electrons. The molecule has 0 amide bonds. The minimum atomic E-state index is 0.421. The Labute approximate surface area is 91.0 Å². The van der Waals surface area contributed by atoms with Gasteiger partial charge in [-0.25, -0.2) is 0 Å². The molecule has 0 fully saturated rings. The molecule has 0 unspecified atom stereocenters. The maximum Gasteiger partial charge on any atom is 0.0677 e. The zero-order valence-electron chi connectivity index (χ0n) is 6.37. The van der Waals surface area contributed by atoms with Crippen LogP contribution in [0.3, 0.4) is 0 Å². The second kappa shape index (κ2) is 3.38. The molecule has 2 aromatic rings. The summed E-state index contributed by atoms with van der Waals surface area (Å²) in [6, 6.07) is 10.9. The van der Waals surface area contributed by atoms with Gasteiger partial charge in [-0.3, -0.25) is 0 Å². The van der Waals surface area contributed by atoms with Crippen molar-refractivity contribution in [3.63, 3.8) is 0 Å². The smallest absolute Gasteiger partial charge is 0.0677 e. The van der Waals surface area contributed by atoms with Crippen LogP contribution in [0, 0.1) is 12.1 Å². The molecule has 0 saturated carbocycles. The lowest BCUT2D eigenvalue weighted by molar-refractivity contribution is 1.72. The molecule has 0 N–H and O–H groups in total. The molecule has 13 heavy (non-hydrogen) atoms. The highest BCUT2D eigenvalue weighted by Gasteiger charge is 2.03. The highest BCUT2D eigenvalue weighted by Crippen LogP contribution is 2.31. The largest absolute Gasteiger partial charge is 0.0836 e. The molecule has 3 heteroatoms. The Morgan fingerprint density at radius 2 is 1.77 bits per heavy atom. The SMILES string of the molecule is Clc1[c]cc2c(Cl)c(Cl)[c]cc2c1. The number of hydrogen-bond donors (Lipinski definition) is 0. The van der Waals surface area contributed by atoms with E-state index in [9.17, 15) is 0 Å². The predicted molar refractivity (Wildman–Crippen MR) is 56.7 cm³/mol. The first-order chi connectivity index (χ1) is 6.18. The summed E-state index contributed by atoms with van der Waals surface area (Å²) in [5.41, 5.74) is 0. The lowest BCUT2D eigenvalue weighted by atomic mass is 10.1. The molecule has 0 saturated heterocycles. The van der Waals surface area contributed by atoms with E-state index in [1.54, 1.807) is 18.2 Å².